The Labute approximate surface area is 154 Å². The molecule has 4 rings (SSSR count). The molecule has 0 saturated carbocycles. The monoisotopic (exact) mass is 360 g/mol. The second-order valence-corrected chi connectivity index (χ2v) is 6.00. The Balaban J connectivity index is 1.49. The highest BCUT2D eigenvalue weighted by atomic mass is 16.5. The smallest absolute Gasteiger partial charge is 0.343 e. The van der Waals surface area contributed by atoms with Gasteiger partial charge in [0.15, 0.2) is 5.78 Å². The molecule has 0 bridgehead atoms. The second kappa shape index (κ2) is 7.35. The highest BCUT2D eigenvalue weighted by Gasteiger charge is 2.18. The summed E-state index contributed by atoms with van der Waals surface area (Å²) in [6, 6.07) is 18.5. The van der Waals surface area contributed by atoms with Crippen LogP contribution in [0.3, 0.4) is 0 Å². The molecule has 4 aromatic rings. The van der Waals surface area contributed by atoms with E-state index in [9.17, 15) is 10.0 Å². The summed E-state index contributed by atoms with van der Waals surface area (Å²) in [5.74, 6) is -0.0444. The molecule has 1 N–H and O–H groups in total. The van der Waals surface area contributed by atoms with Gasteiger partial charge in [-0.2, -0.15) is 0 Å². The minimum atomic E-state index is -0.179. The number of carbonyl (C=O) groups excluding carboxylic acids is 1. The van der Waals surface area contributed by atoms with Gasteiger partial charge in [0.05, 0.1) is 18.5 Å². The van der Waals surface area contributed by atoms with E-state index >= 15 is 0 Å². The Morgan fingerprint density at radius 3 is 2.67 bits per heavy atom. The van der Waals surface area contributed by atoms with Crippen molar-refractivity contribution in [2.75, 3.05) is 5.06 Å². The van der Waals surface area contributed by atoms with Crippen LogP contribution in [0.2, 0.25) is 0 Å². The third kappa shape index (κ3) is 3.68. The van der Waals surface area contributed by atoms with Crippen LogP contribution in [0.1, 0.15) is 21.8 Å². The maximum absolute atomic E-state index is 12.7. The van der Waals surface area contributed by atoms with Gasteiger partial charge in [0.25, 0.3) is 0 Å². The second-order valence-electron chi connectivity index (χ2n) is 6.00. The topological polar surface area (TPSA) is 92.4 Å². The largest absolute Gasteiger partial charge is 0.406 e. The first-order valence-electron chi connectivity index (χ1n) is 8.40. The standard InChI is InChI=1S/C20H16N4O3/c25-17(16-10-4-8-15-9-5-11-21-19(15)16)12-18-22-23-20(27-18)24(26)13-14-6-2-1-3-7-14/h1-11,26H,12-13H2. The number of pyridine rings is 1. The first kappa shape index (κ1) is 16.9. The summed E-state index contributed by atoms with van der Waals surface area (Å²) >= 11 is 0. The maximum Gasteiger partial charge on any atom is 0.343 e. The predicted octanol–water partition coefficient (Wildman–Crippen LogP) is 3.44. The molecule has 2 heterocycles. The number of fused-ring (bicyclic) bond motifs is 1. The number of anilines is 1. The third-order valence-electron chi connectivity index (χ3n) is 4.10. The van der Waals surface area contributed by atoms with Crippen LogP contribution in [-0.4, -0.2) is 26.2 Å². The van der Waals surface area contributed by atoms with Crippen molar-refractivity contribution in [1.82, 2.24) is 15.2 Å². The van der Waals surface area contributed by atoms with Crippen LogP contribution < -0.4 is 5.06 Å². The average molecular weight is 360 g/mol. The number of benzene rings is 2. The van der Waals surface area contributed by atoms with Crippen molar-refractivity contribution in [1.29, 1.82) is 0 Å². The zero-order chi connectivity index (χ0) is 18.6. The average Bonchev–Trinajstić information content (AvgIpc) is 3.17. The van der Waals surface area contributed by atoms with Crippen molar-refractivity contribution in [2.24, 2.45) is 0 Å². The van der Waals surface area contributed by atoms with Crippen LogP contribution in [0.25, 0.3) is 10.9 Å². The van der Waals surface area contributed by atoms with Crippen LogP contribution in [-0.2, 0) is 13.0 Å². The number of aromatic nitrogens is 3. The number of hydrogen-bond donors (Lipinski definition) is 1. The van der Waals surface area contributed by atoms with Gasteiger partial charge in [-0.15, -0.1) is 5.10 Å². The fraction of sp³-hybridized carbons (Fsp3) is 0.100. The van der Waals surface area contributed by atoms with Gasteiger partial charge < -0.3 is 4.42 Å². The number of nitrogens with zero attached hydrogens (tertiary/aromatic N) is 4. The molecule has 7 heteroatoms. The van der Waals surface area contributed by atoms with E-state index in [0.29, 0.717) is 11.1 Å². The van der Waals surface area contributed by atoms with Crippen molar-refractivity contribution in [3.8, 4) is 0 Å². The zero-order valence-electron chi connectivity index (χ0n) is 14.3. The number of rotatable bonds is 6. The van der Waals surface area contributed by atoms with Crippen molar-refractivity contribution >= 4 is 22.7 Å². The fourth-order valence-corrected chi connectivity index (χ4v) is 2.81. The van der Waals surface area contributed by atoms with Crippen LogP contribution in [0.4, 0.5) is 6.01 Å². The summed E-state index contributed by atoms with van der Waals surface area (Å²) in [6.07, 6.45) is 1.58. The minimum absolute atomic E-state index is 0.0577. The molecule has 0 radical (unpaired) electrons. The molecule has 0 saturated heterocycles. The molecule has 0 spiro atoms. The van der Waals surface area contributed by atoms with E-state index in [0.717, 1.165) is 16.0 Å². The lowest BCUT2D eigenvalue weighted by molar-refractivity contribution is 0.0986. The lowest BCUT2D eigenvalue weighted by atomic mass is 10.0. The predicted molar refractivity (Wildman–Crippen MR) is 98.5 cm³/mol. The lowest BCUT2D eigenvalue weighted by Crippen LogP contribution is -2.17. The Morgan fingerprint density at radius 1 is 1.00 bits per heavy atom. The lowest BCUT2D eigenvalue weighted by Gasteiger charge is -2.11. The van der Waals surface area contributed by atoms with E-state index in [2.05, 4.69) is 15.2 Å². The Kier molecular flexibility index (Phi) is 4.59. The molecule has 0 atom stereocenters. The zero-order valence-corrected chi connectivity index (χ0v) is 14.3. The maximum atomic E-state index is 12.7. The van der Waals surface area contributed by atoms with Gasteiger partial charge in [0, 0.05) is 17.1 Å². The van der Waals surface area contributed by atoms with Crippen LogP contribution in [0, 0.1) is 0 Å². The Hall–Kier alpha value is -3.58. The normalized spacial score (nSPS) is 10.9. The third-order valence-corrected chi connectivity index (χ3v) is 4.10. The fourth-order valence-electron chi connectivity index (χ4n) is 2.81. The van der Waals surface area contributed by atoms with Gasteiger partial charge >= 0.3 is 6.01 Å². The molecule has 2 aromatic heterocycles. The van der Waals surface area contributed by atoms with Crippen molar-refractivity contribution in [3.05, 3.63) is 83.9 Å². The summed E-state index contributed by atoms with van der Waals surface area (Å²) < 4.78 is 5.43. The van der Waals surface area contributed by atoms with Crippen LogP contribution >= 0.6 is 0 Å². The molecule has 0 aliphatic rings. The quantitative estimate of drug-likeness (QED) is 0.416. The molecule has 0 fully saturated rings. The molecular weight excluding hydrogens is 344 g/mol. The van der Waals surface area contributed by atoms with Crippen LogP contribution in [0.15, 0.2) is 71.3 Å². The number of hydrogen-bond acceptors (Lipinski definition) is 7. The van der Waals surface area contributed by atoms with E-state index in [4.69, 9.17) is 4.42 Å². The summed E-state index contributed by atoms with van der Waals surface area (Å²) in [7, 11) is 0. The van der Waals surface area contributed by atoms with Gasteiger partial charge in [0.1, 0.15) is 0 Å². The molecular formula is C20H16N4O3. The first-order valence-corrected chi connectivity index (χ1v) is 8.40. The first-order chi connectivity index (χ1) is 13.2. The number of Topliss-reactive ketones (excluding diaryl/α,β-unsaturated/α-hetero) is 1. The van der Waals surface area contributed by atoms with E-state index < -0.39 is 0 Å². The van der Waals surface area contributed by atoms with E-state index in [1.54, 1.807) is 12.3 Å². The Morgan fingerprint density at radius 2 is 1.81 bits per heavy atom. The van der Waals surface area contributed by atoms with Gasteiger partial charge in [-0.1, -0.05) is 53.6 Å². The number of para-hydroxylation sites is 1. The molecule has 2 aromatic carbocycles. The van der Waals surface area contributed by atoms with Crippen molar-refractivity contribution < 1.29 is 14.4 Å². The van der Waals surface area contributed by atoms with Crippen molar-refractivity contribution in [2.45, 2.75) is 13.0 Å². The number of ketones is 1. The SMILES string of the molecule is O=C(Cc1nnc(N(O)Cc2ccccc2)o1)c1cccc2cccnc12. The highest BCUT2D eigenvalue weighted by Crippen LogP contribution is 2.19. The van der Waals surface area contributed by atoms with Crippen molar-refractivity contribution in [3.63, 3.8) is 0 Å². The summed E-state index contributed by atoms with van der Waals surface area (Å²) in [5, 5.41) is 19.5. The molecule has 0 aliphatic carbocycles. The molecule has 134 valence electrons. The molecule has 27 heavy (non-hydrogen) atoms. The minimum Gasteiger partial charge on any atom is -0.406 e. The van der Waals surface area contributed by atoms with E-state index in [-0.39, 0.29) is 30.7 Å². The Bertz CT molecular complexity index is 1070. The number of carbonyl (C=O) groups is 1. The number of hydroxylamine groups is 1. The van der Waals surface area contributed by atoms with Gasteiger partial charge in [0.2, 0.25) is 5.89 Å². The molecule has 0 unspecified atom stereocenters. The highest BCUT2D eigenvalue weighted by molar-refractivity contribution is 6.07. The van der Waals surface area contributed by atoms with Gasteiger partial charge in [-0.25, -0.2) is 5.06 Å². The molecule has 7 nitrogen and oxygen atoms in total. The van der Waals surface area contributed by atoms with Gasteiger partial charge in [-0.05, 0) is 17.7 Å². The molecule has 0 amide bonds. The van der Waals surface area contributed by atoms with Gasteiger partial charge in [-0.3, -0.25) is 15.0 Å². The summed E-state index contributed by atoms with van der Waals surface area (Å²) in [5.41, 5.74) is 2.02. The summed E-state index contributed by atoms with van der Waals surface area (Å²) in [4.78, 5) is 16.9. The van der Waals surface area contributed by atoms with E-state index in [1.807, 2.05) is 54.6 Å². The van der Waals surface area contributed by atoms with Crippen LogP contribution in [0.5, 0.6) is 0 Å². The molecule has 0 aliphatic heterocycles. The summed E-state index contributed by atoms with van der Waals surface area (Å²) in [6.45, 7) is 0.198. The van der Waals surface area contributed by atoms with E-state index in [1.165, 1.54) is 0 Å².